The molecule has 1 saturated carbocycles. The molecule has 0 spiro atoms. The van der Waals surface area contributed by atoms with E-state index in [0.29, 0.717) is 17.0 Å². The van der Waals surface area contributed by atoms with Crippen molar-refractivity contribution in [2.45, 2.75) is 51.2 Å². The summed E-state index contributed by atoms with van der Waals surface area (Å²) < 4.78 is 8.06. The van der Waals surface area contributed by atoms with Crippen LogP contribution in [0.3, 0.4) is 0 Å². The second-order valence-electron chi connectivity index (χ2n) is 6.34. The van der Waals surface area contributed by atoms with Crippen LogP contribution in [0.4, 0.5) is 11.8 Å². The highest BCUT2D eigenvalue weighted by Gasteiger charge is 2.27. The summed E-state index contributed by atoms with van der Waals surface area (Å²) in [5, 5.41) is 0. The van der Waals surface area contributed by atoms with Crippen molar-refractivity contribution in [3.63, 3.8) is 0 Å². The van der Waals surface area contributed by atoms with Gasteiger partial charge in [-0.25, -0.2) is 4.98 Å². The number of ether oxygens (including phenoxy) is 1. The van der Waals surface area contributed by atoms with Crippen LogP contribution in [0.15, 0.2) is 0 Å². The molecule has 1 aliphatic heterocycles. The summed E-state index contributed by atoms with van der Waals surface area (Å²) in [6.45, 7) is 0.780. The first-order chi connectivity index (χ1) is 10.7. The van der Waals surface area contributed by atoms with Crippen LogP contribution >= 0.6 is 0 Å². The molecule has 0 aromatic carbocycles. The Bertz CT molecular complexity index is 687. The average Bonchev–Trinajstić information content (AvgIpc) is 3.26. The Hall–Kier alpha value is -1.89. The van der Waals surface area contributed by atoms with Gasteiger partial charge in [0.2, 0.25) is 5.95 Å². The van der Waals surface area contributed by atoms with E-state index in [1.54, 1.807) is 0 Å². The summed E-state index contributed by atoms with van der Waals surface area (Å²) in [5.41, 5.74) is 13.1. The zero-order chi connectivity index (χ0) is 15.1. The maximum absolute atomic E-state index is 5.99. The van der Waals surface area contributed by atoms with Gasteiger partial charge in [-0.15, -0.1) is 0 Å². The van der Waals surface area contributed by atoms with E-state index < -0.39 is 0 Å². The SMILES string of the molecule is Nc1nc(N)c2nc(CCC3CC3)n(C3CCCCO3)c2n1. The van der Waals surface area contributed by atoms with Crippen LogP contribution < -0.4 is 11.5 Å². The van der Waals surface area contributed by atoms with Gasteiger partial charge >= 0.3 is 0 Å². The van der Waals surface area contributed by atoms with E-state index in [0.717, 1.165) is 44.0 Å². The van der Waals surface area contributed by atoms with Crippen molar-refractivity contribution in [1.82, 2.24) is 19.5 Å². The zero-order valence-electron chi connectivity index (χ0n) is 12.7. The normalized spacial score (nSPS) is 22.3. The van der Waals surface area contributed by atoms with Crippen molar-refractivity contribution in [2.24, 2.45) is 5.92 Å². The number of imidazole rings is 1. The lowest BCUT2D eigenvalue weighted by Gasteiger charge is -2.25. The van der Waals surface area contributed by atoms with Crippen LogP contribution in [0.5, 0.6) is 0 Å². The summed E-state index contributed by atoms with van der Waals surface area (Å²) in [7, 11) is 0. The molecule has 4 rings (SSSR count). The number of nitrogen functional groups attached to an aromatic ring is 2. The fraction of sp³-hybridized carbons (Fsp3) is 0.667. The Labute approximate surface area is 129 Å². The lowest BCUT2D eigenvalue weighted by Crippen LogP contribution is -2.20. The van der Waals surface area contributed by atoms with Gasteiger partial charge in [-0.3, -0.25) is 4.57 Å². The van der Waals surface area contributed by atoms with Gasteiger partial charge in [0.15, 0.2) is 17.0 Å². The third-order valence-corrected chi connectivity index (χ3v) is 4.57. The number of nitrogens with two attached hydrogens (primary N) is 2. The number of aromatic nitrogens is 4. The fourth-order valence-electron chi connectivity index (χ4n) is 3.20. The first kappa shape index (κ1) is 13.8. The Balaban J connectivity index is 1.78. The number of hydrogen-bond donors (Lipinski definition) is 2. The minimum absolute atomic E-state index is 0.0124. The van der Waals surface area contributed by atoms with Gasteiger partial charge in [0.1, 0.15) is 12.1 Å². The first-order valence-corrected chi connectivity index (χ1v) is 8.14. The summed E-state index contributed by atoms with van der Waals surface area (Å²) in [6.07, 6.45) is 8.01. The van der Waals surface area contributed by atoms with Crippen LogP contribution in [-0.2, 0) is 11.2 Å². The van der Waals surface area contributed by atoms with Crippen molar-refractivity contribution in [2.75, 3.05) is 18.1 Å². The predicted octanol–water partition coefficient (Wildman–Crippen LogP) is 2.03. The third kappa shape index (κ3) is 2.49. The van der Waals surface area contributed by atoms with Gasteiger partial charge in [0, 0.05) is 13.0 Å². The standard InChI is InChI=1S/C15H22N6O/c16-13-12-14(20-15(17)19-13)21(11-3-1-2-8-22-11)10(18-12)7-6-9-4-5-9/h9,11H,1-8H2,(H4,16,17,19,20). The van der Waals surface area contributed by atoms with Crippen molar-refractivity contribution >= 4 is 22.9 Å². The topological polar surface area (TPSA) is 105 Å². The van der Waals surface area contributed by atoms with Gasteiger partial charge in [-0.05, 0) is 31.6 Å². The zero-order valence-corrected chi connectivity index (χ0v) is 12.7. The molecule has 7 heteroatoms. The fourth-order valence-corrected chi connectivity index (χ4v) is 3.20. The van der Waals surface area contributed by atoms with Crippen LogP contribution in [0.2, 0.25) is 0 Å². The minimum Gasteiger partial charge on any atom is -0.382 e. The summed E-state index contributed by atoms with van der Waals surface area (Å²) in [5.74, 6) is 2.40. The molecule has 2 aromatic heterocycles. The lowest BCUT2D eigenvalue weighted by molar-refractivity contribution is -0.0313. The predicted molar refractivity (Wildman–Crippen MR) is 84.0 cm³/mol. The monoisotopic (exact) mass is 302 g/mol. The highest BCUT2D eigenvalue weighted by Crippen LogP contribution is 2.35. The molecule has 1 atom stereocenters. The molecular weight excluding hydrogens is 280 g/mol. The van der Waals surface area contributed by atoms with Crippen molar-refractivity contribution in [3.8, 4) is 0 Å². The molecule has 22 heavy (non-hydrogen) atoms. The average molecular weight is 302 g/mol. The highest BCUT2D eigenvalue weighted by molar-refractivity contribution is 5.83. The summed E-state index contributed by atoms with van der Waals surface area (Å²) >= 11 is 0. The first-order valence-electron chi connectivity index (χ1n) is 8.14. The third-order valence-electron chi connectivity index (χ3n) is 4.57. The maximum atomic E-state index is 5.99. The Morgan fingerprint density at radius 3 is 2.68 bits per heavy atom. The van der Waals surface area contributed by atoms with E-state index in [9.17, 15) is 0 Å². The summed E-state index contributed by atoms with van der Waals surface area (Å²) in [4.78, 5) is 13.1. The molecule has 2 fully saturated rings. The number of fused-ring (bicyclic) bond motifs is 1. The molecule has 3 heterocycles. The van der Waals surface area contributed by atoms with Crippen LogP contribution in [0.25, 0.3) is 11.2 Å². The quantitative estimate of drug-likeness (QED) is 0.895. The lowest BCUT2D eigenvalue weighted by atomic mass is 10.1. The van der Waals surface area contributed by atoms with E-state index in [4.69, 9.17) is 21.2 Å². The molecule has 4 N–H and O–H groups in total. The molecule has 118 valence electrons. The van der Waals surface area contributed by atoms with Gasteiger partial charge in [0.25, 0.3) is 0 Å². The smallest absolute Gasteiger partial charge is 0.224 e. The molecule has 1 saturated heterocycles. The largest absolute Gasteiger partial charge is 0.382 e. The number of rotatable bonds is 4. The van der Waals surface area contributed by atoms with Crippen LogP contribution in [-0.4, -0.2) is 26.1 Å². The van der Waals surface area contributed by atoms with Gasteiger partial charge in [-0.2, -0.15) is 9.97 Å². The molecule has 1 unspecified atom stereocenters. The number of anilines is 2. The van der Waals surface area contributed by atoms with E-state index in [-0.39, 0.29) is 12.2 Å². The number of hydrogen-bond acceptors (Lipinski definition) is 6. The minimum atomic E-state index is -0.0124. The van der Waals surface area contributed by atoms with Crippen molar-refractivity contribution in [3.05, 3.63) is 5.82 Å². The molecule has 2 aliphatic rings. The number of aryl methyl sites for hydroxylation is 1. The van der Waals surface area contributed by atoms with Crippen molar-refractivity contribution < 1.29 is 4.74 Å². The van der Waals surface area contributed by atoms with E-state index in [1.807, 2.05) is 0 Å². The second kappa shape index (κ2) is 5.39. The molecule has 1 aliphatic carbocycles. The Morgan fingerprint density at radius 1 is 1.09 bits per heavy atom. The molecule has 0 amide bonds. The number of nitrogens with zero attached hydrogens (tertiary/aromatic N) is 4. The molecular formula is C15H22N6O. The Morgan fingerprint density at radius 2 is 1.95 bits per heavy atom. The van der Waals surface area contributed by atoms with E-state index in [2.05, 4.69) is 14.5 Å². The van der Waals surface area contributed by atoms with Gasteiger partial charge in [-0.1, -0.05) is 12.8 Å². The van der Waals surface area contributed by atoms with Crippen LogP contribution in [0, 0.1) is 5.92 Å². The molecule has 0 bridgehead atoms. The molecule has 7 nitrogen and oxygen atoms in total. The van der Waals surface area contributed by atoms with Gasteiger partial charge < -0.3 is 16.2 Å². The molecule has 0 radical (unpaired) electrons. The van der Waals surface area contributed by atoms with E-state index in [1.165, 1.54) is 19.3 Å². The second-order valence-corrected chi connectivity index (χ2v) is 6.34. The summed E-state index contributed by atoms with van der Waals surface area (Å²) in [6, 6.07) is 0. The maximum Gasteiger partial charge on any atom is 0.224 e. The Kier molecular flexibility index (Phi) is 3.37. The highest BCUT2D eigenvalue weighted by atomic mass is 16.5. The van der Waals surface area contributed by atoms with E-state index >= 15 is 0 Å². The van der Waals surface area contributed by atoms with Gasteiger partial charge in [0.05, 0.1) is 0 Å². The molecule has 2 aromatic rings. The van der Waals surface area contributed by atoms with Crippen LogP contribution in [0.1, 0.15) is 50.6 Å². The van der Waals surface area contributed by atoms with Crippen molar-refractivity contribution in [1.29, 1.82) is 0 Å².